The van der Waals surface area contributed by atoms with Crippen molar-refractivity contribution in [2.75, 3.05) is 25.6 Å². The highest BCUT2D eigenvalue weighted by Crippen LogP contribution is 2.27. The monoisotopic (exact) mass is 260 g/mol. The van der Waals surface area contributed by atoms with E-state index in [0.29, 0.717) is 30.2 Å². The lowest BCUT2D eigenvalue weighted by Crippen LogP contribution is -2.28. The van der Waals surface area contributed by atoms with Crippen molar-refractivity contribution in [2.24, 2.45) is 5.92 Å². The number of benzene rings is 1. The highest BCUT2D eigenvalue weighted by molar-refractivity contribution is 5.94. The van der Waals surface area contributed by atoms with Gasteiger partial charge in [-0.25, -0.2) is 0 Å². The van der Waals surface area contributed by atoms with Crippen LogP contribution in [-0.2, 0) is 9.53 Å². The Bertz CT molecular complexity index is 502. The van der Waals surface area contributed by atoms with Gasteiger partial charge in [-0.15, -0.1) is 0 Å². The van der Waals surface area contributed by atoms with Gasteiger partial charge in [0, 0.05) is 25.2 Å². The van der Waals surface area contributed by atoms with Gasteiger partial charge in [0.05, 0.1) is 24.4 Å². The van der Waals surface area contributed by atoms with Gasteiger partial charge in [0.2, 0.25) is 5.91 Å². The van der Waals surface area contributed by atoms with Crippen LogP contribution in [0, 0.1) is 17.2 Å². The van der Waals surface area contributed by atoms with Crippen molar-refractivity contribution in [2.45, 2.75) is 12.8 Å². The Kier molecular flexibility index (Phi) is 4.37. The normalized spacial score (nSPS) is 15.6. The average Bonchev–Trinajstić information content (AvgIpc) is 2.48. The number of nitriles is 1. The van der Waals surface area contributed by atoms with Gasteiger partial charge >= 0.3 is 0 Å². The quantitative estimate of drug-likeness (QED) is 0.901. The number of methoxy groups -OCH3 is 1. The van der Waals surface area contributed by atoms with Crippen molar-refractivity contribution < 1.29 is 14.3 Å². The molecule has 1 fully saturated rings. The fraction of sp³-hybridized carbons (Fsp3) is 0.429. The molecule has 5 nitrogen and oxygen atoms in total. The van der Waals surface area contributed by atoms with Gasteiger partial charge in [-0.3, -0.25) is 4.79 Å². The Morgan fingerprint density at radius 2 is 2.21 bits per heavy atom. The third kappa shape index (κ3) is 3.24. The molecule has 1 aromatic rings. The lowest BCUT2D eigenvalue weighted by molar-refractivity contribution is -0.122. The Labute approximate surface area is 112 Å². The lowest BCUT2D eigenvalue weighted by Gasteiger charge is -2.21. The van der Waals surface area contributed by atoms with E-state index in [-0.39, 0.29) is 11.8 Å². The first-order chi connectivity index (χ1) is 9.24. The zero-order valence-corrected chi connectivity index (χ0v) is 10.8. The maximum absolute atomic E-state index is 12.1. The minimum Gasteiger partial charge on any atom is -0.495 e. The molecule has 0 aromatic heterocycles. The summed E-state index contributed by atoms with van der Waals surface area (Å²) in [6, 6.07) is 6.99. The van der Waals surface area contributed by atoms with Crippen LogP contribution in [0.15, 0.2) is 18.2 Å². The molecule has 1 aliphatic rings. The second kappa shape index (κ2) is 6.21. The first kappa shape index (κ1) is 13.4. The Morgan fingerprint density at radius 1 is 1.47 bits per heavy atom. The molecule has 2 rings (SSSR count). The number of nitrogens with zero attached hydrogens (tertiary/aromatic N) is 1. The first-order valence-electron chi connectivity index (χ1n) is 6.21. The molecule has 1 heterocycles. The molecule has 1 saturated heterocycles. The standard InChI is InChI=1S/C14H16N2O3/c1-18-13-8-10(9-15)2-3-12(13)16-14(17)11-4-6-19-7-5-11/h2-3,8,11H,4-7H2,1H3,(H,16,17). The molecule has 1 amide bonds. The second-order valence-electron chi connectivity index (χ2n) is 4.40. The van der Waals surface area contributed by atoms with E-state index in [0.717, 1.165) is 12.8 Å². The van der Waals surface area contributed by atoms with Gasteiger partial charge in [-0.05, 0) is 25.0 Å². The molecular formula is C14H16N2O3. The van der Waals surface area contributed by atoms with Crippen molar-refractivity contribution in [3.8, 4) is 11.8 Å². The number of ether oxygens (including phenoxy) is 2. The molecule has 0 spiro atoms. The molecule has 5 heteroatoms. The fourth-order valence-electron chi connectivity index (χ4n) is 2.06. The Morgan fingerprint density at radius 3 is 2.84 bits per heavy atom. The second-order valence-corrected chi connectivity index (χ2v) is 4.40. The molecule has 0 unspecified atom stereocenters. The van der Waals surface area contributed by atoms with Crippen molar-refractivity contribution in [3.05, 3.63) is 23.8 Å². The molecule has 0 atom stereocenters. The van der Waals surface area contributed by atoms with Gasteiger partial charge < -0.3 is 14.8 Å². The van der Waals surface area contributed by atoms with Crippen molar-refractivity contribution in [1.82, 2.24) is 0 Å². The van der Waals surface area contributed by atoms with E-state index in [4.69, 9.17) is 14.7 Å². The molecule has 1 aromatic carbocycles. The van der Waals surface area contributed by atoms with Gasteiger partial charge in [0.25, 0.3) is 0 Å². The predicted molar refractivity (Wildman–Crippen MR) is 69.9 cm³/mol. The first-order valence-corrected chi connectivity index (χ1v) is 6.21. The number of amides is 1. The smallest absolute Gasteiger partial charge is 0.227 e. The summed E-state index contributed by atoms with van der Waals surface area (Å²) >= 11 is 0. The maximum atomic E-state index is 12.1. The predicted octanol–water partition coefficient (Wildman–Crippen LogP) is 1.93. The maximum Gasteiger partial charge on any atom is 0.227 e. The van der Waals surface area contributed by atoms with Crippen LogP contribution in [0.2, 0.25) is 0 Å². The van der Waals surface area contributed by atoms with Crippen LogP contribution in [0.1, 0.15) is 18.4 Å². The van der Waals surface area contributed by atoms with Crippen molar-refractivity contribution in [3.63, 3.8) is 0 Å². The van der Waals surface area contributed by atoms with Crippen LogP contribution in [-0.4, -0.2) is 26.2 Å². The number of hydrogen-bond donors (Lipinski definition) is 1. The van der Waals surface area contributed by atoms with Gasteiger partial charge in [0.1, 0.15) is 5.75 Å². The van der Waals surface area contributed by atoms with E-state index in [1.165, 1.54) is 7.11 Å². The molecule has 1 N–H and O–H groups in total. The van der Waals surface area contributed by atoms with E-state index in [2.05, 4.69) is 5.32 Å². The summed E-state index contributed by atoms with van der Waals surface area (Å²) in [5.41, 5.74) is 1.10. The lowest BCUT2D eigenvalue weighted by atomic mass is 9.99. The number of carbonyl (C=O) groups excluding carboxylic acids is 1. The van der Waals surface area contributed by atoms with Crippen LogP contribution in [0.4, 0.5) is 5.69 Å². The van der Waals surface area contributed by atoms with E-state index in [9.17, 15) is 4.79 Å². The average molecular weight is 260 g/mol. The number of carbonyl (C=O) groups is 1. The molecule has 1 aliphatic heterocycles. The third-order valence-electron chi connectivity index (χ3n) is 3.18. The molecule has 0 aliphatic carbocycles. The van der Waals surface area contributed by atoms with Crippen LogP contribution in [0.3, 0.4) is 0 Å². The van der Waals surface area contributed by atoms with Gasteiger partial charge in [-0.2, -0.15) is 5.26 Å². The number of hydrogen-bond acceptors (Lipinski definition) is 4. The van der Waals surface area contributed by atoms with Crippen LogP contribution in [0.5, 0.6) is 5.75 Å². The van der Waals surface area contributed by atoms with Crippen LogP contribution >= 0.6 is 0 Å². The van der Waals surface area contributed by atoms with E-state index < -0.39 is 0 Å². The van der Waals surface area contributed by atoms with Crippen LogP contribution < -0.4 is 10.1 Å². The highest BCUT2D eigenvalue weighted by atomic mass is 16.5. The number of nitrogens with one attached hydrogen (secondary N) is 1. The molecule has 0 saturated carbocycles. The summed E-state index contributed by atoms with van der Waals surface area (Å²) in [7, 11) is 1.51. The minimum atomic E-state index is -0.0219. The fourth-order valence-corrected chi connectivity index (χ4v) is 2.06. The topological polar surface area (TPSA) is 71.3 Å². The Balaban J connectivity index is 2.09. The summed E-state index contributed by atoms with van der Waals surface area (Å²) in [6.07, 6.45) is 1.48. The zero-order valence-electron chi connectivity index (χ0n) is 10.8. The summed E-state index contributed by atoms with van der Waals surface area (Å²) < 4.78 is 10.4. The summed E-state index contributed by atoms with van der Waals surface area (Å²) in [5.74, 6) is 0.458. The van der Waals surface area contributed by atoms with E-state index in [1.54, 1.807) is 18.2 Å². The molecule has 19 heavy (non-hydrogen) atoms. The molecule has 0 bridgehead atoms. The minimum absolute atomic E-state index is 0.0194. The number of rotatable bonds is 3. The van der Waals surface area contributed by atoms with Crippen molar-refractivity contribution in [1.29, 1.82) is 5.26 Å². The van der Waals surface area contributed by atoms with Crippen LogP contribution in [0.25, 0.3) is 0 Å². The molecule has 0 radical (unpaired) electrons. The highest BCUT2D eigenvalue weighted by Gasteiger charge is 2.22. The van der Waals surface area contributed by atoms with Gasteiger partial charge in [-0.1, -0.05) is 0 Å². The number of anilines is 1. The summed E-state index contributed by atoms with van der Waals surface area (Å²) in [6.45, 7) is 1.26. The van der Waals surface area contributed by atoms with Gasteiger partial charge in [0.15, 0.2) is 0 Å². The Hall–Kier alpha value is -2.06. The molecular weight excluding hydrogens is 244 g/mol. The summed E-state index contributed by atoms with van der Waals surface area (Å²) in [4.78, 5) is 12.1. The molecule has 100 valence electrons. The summed E-state index contributed by atoms with van der Waals surface area (Å²) in [5, 5.41) is 11.7. The van der Waals surface area contributed by atoms with E-state index in [1.807, 2.05) is 6.07 Å². The largest absolute Gasteiger partial charge is 0.495 e. The third-order valence-corrected chi connectivity index (χ3v) is 3.18. The zero-order chi connectivity index (χ0) is 13.7. The van der Waals surface area contributed by atoms with E-state index >= 15 is 0 Å². The van der Waals surface area contributed by atoms with Crippen molar-refractivity contribution >= 4 is 11.6 Å². The SMILES string of the molecule is COc1cc(C#N)ccc1NC(=O)C1CCOCC1.